The molecule has 0 saturated carbocycles. The van der Waals surface area contributed by atoms with Crippen LogP contribution in [0.3, 0.4) is 0 Å². The van der Waals surface area contributed by atoms with Crippen molar-refractivity contribution in [3.8, 4) is 0 Å². The molecule has 0 bridgehead atoms. The van der Waals surface area contributed by atoms with E-state index in [2.05, 4.69) is 0 Å². The first-order valence-corrected chi connectivity index (χ1v) is 7.04. The molecule has 7 heteroatoms. The van der Waals surface area contributed by atoms with Crippen molar-refractivity contribution in [2.75, 3.05) is 7.05 Å². The zero-order valence-corrected chi connectivity index (χ0v) is 13.4. The highest BCUT2D eigenvalue weighted by Gasteiger charge is 2.35. The summed E-state index contributed by atoms with van der Waals surface area (Å²) in [5.74, 6) is -1.84. The fourth-order valence-electron chi connectivity index (χ4n) is 1.97. The molecule has 1 atom stereocenters. The van der Waals surface area contributed by atoms with Crippen LogP contribution in [0.15, 0.2) is 24.3 Å². The summed E-state index contributed by atoms with van der Waals surface area (Å²) in [5.41, 5.74) is -1.51. The van der Waals surface area contributed by atoms with Gasteiger partial charge >= 0.3 is 12.1 Å². The minimum atomic E-state index is -4.40. The zero-order valence-electron chi connectivity index (χ0n) is 13.4. The Morgan fingerprint density at radius 2 is 1.65 bits per heavy atom. The van der Waals surface area contributed by atoms with Crippen molar-refractivity contribution in [2.45, 2.75) is 44.8 Å². The van der Waals surface area contributed by atoms with Crippen molar-refractivity contribution in [3.05, 3.63) is 35.4 Å². The average molecular weight is 331 g/mol. The summed E-state index contributed by atoms with van der Waals surface area (Å²) in [6, 6.07) is 4.62. The third-order valence-electron chi connectivity index (χ3n) is 4.02. The molecule has 0 aliphatic heterocycles. The van der Waals surface area contributed by atoms with Gasteiger partial charge in [-0.25, -0.2) is 4.79 Å². The molecule has 1 aromatic carbocycles. The molecule has 1 unspecified atom stereocenters. The molecular formula is C16H20F3NO3. The van der Waals surface area contributed by atoms with Crippen LogP contribution in [0.1, 0.15) is 44.2 Å². The van der Waals surface area contributed by atoms with E-state index >= 15 is 0 Å². The highest BCUT2D eigenvalue weighted by molar-refractivity contribution is 5.86. The SMILES string of the molecule is CC(CC(=O)N(C)C(C)(C)C(=O)O)c1ccc(C(F)(F)F)cc1. The summed E-state index contributed by atoms with van der Waals surface area (Å²) in [6.07, 6.45) is -4.39. The van der Waals surface area contributed by atoms with Gasteiger partial charge in [-0.05, 0) is 37.5 Å². The van der Waals surface area contributed by atoms with Gasteiger partial charge < -0.3 is 10.0 Å². The van der Waals surface area contributed by atoms with Gasteiger partial charge in [0.15, 0.2) is 0 Å². The van der Waals surface area contributed by atoms with E-state index in [1.54, 1.807) is 6.92 Å². The number of amides is 1. The lowest BCUT2D eigenvalue weighted by atomic mass is 9.95. The number of nitrogens with zero attached hydrogens (tertiary/aromatic N) is 1. The number of carboxylic acid groups (broad SMARTS) is 1. The highest BCUT2D eigenvalue weighted by atomic mass is 19.4. The van der Waals surface area contributed by atoms with Crippen LogP contribution < -0.4 is 0 Å². The monoisotopic (exact) mass is 331 g/mol. The van der Waals surface area contributed by atoms with Crippen molar-refractivity contribution in [1.29, 1.82) is 0 Å². The van der Waals surface area contributed by atoms with Gasteiger partial charge in [0.25, 0.3) is 0 Å². The lowest BCUT2D eigenvalue weighted by Gasteiger charge is -2.32. The van der Waals surface area contributed by atoms with Crippen LogP contribution in [0.25, 0.3) is 0 Å². The van der Waals surface area contributed by atoms with Gasteiger partial charge in [0, 0.05) is 13.5 Å². The fraction of sp³-hybridized carbons (Fsp3) is 0.500. The van der Waals surface area contributed by atoms with Crippen molar-refractivity contribution < 1.29 is 27.9 Å². The van der Waals surface area contributed by atoms with Crippen LogP contribution in [-0.2, 0) is 15.8 Å². The second kappa shape index (κ2) is 6.60. The van der Waals surface area contributed by atoms with Crippen molar-refractivity contribution in [3.63, 3.8) is 0 Å². The number of hydrogen-bond donors (Lipinski definition) is 1. The van der Waals surface area contributed by atoms with E-state index in [-0.39, 0.29) is 18.2 Å². The van der Waals surface area contributed by atoms with Crippen molar-refractivity contribution in [2.24, 2.45) is 0 Å². The molecule has 23 heavy (non-hydrogen) atoms. The molecule has 1 rings (SSSR count). The third-order valence-corrected chi connectivity index (χ3v) is 4.02. The predicted molar refractivity (Wildman–Crippen MR) is 79.0 cm³/mol. The number of halogens is 3. The van der Waals surface area contributed by atoms with Crippen LogP contribution in [0.5, 0.6) is 0 Å². The summed E-state index contributed by atoms with van der Waals surface area (Å²) in [7, 11) is 1.40. The molecule has 0 fully saturated rings. The number of benzene rings is 1. The Balaban J connectivity index is 2.81. The summed E-state index contributed by atoms with van der Waals surface area (Å²) in [5, 5.41) is 9.12. The van der Waals surface area contributed by atoms with Crippen molar-refractivity contribution >= 4 is 11.9 Å². The number of alkyl halides is 3. The van der Waals surface area contributed by atoms with E-state index in [1.807, 2.05) is 0 Å². The molecule has 0 radical (unpaired) electrons. The van der Waals surface area contributed by atoms with Crippen LogP contribution >= 0.6 is 0 Å². The lowest BCUT2D eigenvalue weighted by molar-refractivity contribution is -0.155. The van der Waals surface area contributed by atoms with Crippen LogP contribution in [0, 0.1) is 0 Å². The van der Waals surface area contributed by atoms with Gasteiger partial charge in [-0.15, -0.1) is 0 Å². The Hall–Kier alpha value is -2.05. The normalized spacial score (nSPS) is 13.5. The topological polar surface area (TPSA) is 57.6 Å². The Morgan fingerprint density at radius 1 is 1.17 bits per heavy atom. The van der Waals surface area contributed by atoms with Gasteiger partial charge in [-0.1, -0.05) is 19.1 Å². The first-order chi connectivity index (χ1) is 10.4. The maximum atomic E-state index is 12.5. The number of carbonyl (C=O) groups is 2. The fourth-order valence-corrected chi connectivity index (χ4v) is 1.97. The smallest absolute Gasteiger partial charge is 0.416 e. The van der Waals surface area contributed by atoms with Crippen LogP contribution in [0.4, 0.5) is 13.2 Å². The number of aliphatic carboxylic acids is 1. The standard InChI is InChI=1S/C16H20F3NO3/c1-10(9-13(21)20(4)15(2,3)14(22)23)11-5-7-12(8-6-11)16(17,18)19/h5-8,10H,9H2,1-4H3,(H,22,23). The number of carboxylic acids is 1. The molecule has 0 saturated heterocycles. The van der Waals surface area contributed by atoms with Crippen LogP contribution in [-0.4, -0.2) is 34.5 Å². The average Bonchev–Trinajstić information content (AvgIpc) is 2.45. The Morgan fingerprint density at radius 3 is 2.04 bits per heavy atom. The molecule has 128 valence electrons. The second-order valence-corrected chi connectivity index (χ2v) is 6.04. The zero-order chi connectivity index (χ0) is 18.0. The molecule has 0 aliphatic rings. The van der Waals surface area contributed by atoms with Gasteiger partial charge in [0.2, 0.25) is 5.91 Å². The second-order valence-electron chi connectivity index (χ2n) is 6.04. The Labute approximate surface area is 132 Å². The first-order valence-electron chi connectivity index (χ1n) is 7.04. The molecular weight excluding hydrogens is 311 g/mol. The van der Waals surface area contributed by atoms with E-state index in [0.29, 0.717) is 5.56 Å². The Kier molecular flexibility index (Phi) is 5.45. The molecule has 0 heterocycles. The largest absolute Gasteiger partial charge is 0.480 e. The lowest BCUT2D eigenvalue weighted by Crippen LogP contribution is -2.50. The van der Waals surface area contributed by atoms with E-state index in [9.17, 15) is 22.8 Å². The van der Waals surface area contributed by atoms with E-state index in [4.69, 9.17) is 5.11 Å². The summed E-state index contributed by atoms with van der Waals surface area (Å²) in [4.78, 5) is 24.5. The van der Waals surface area contributed by atoms with Gasteiger partial charge in [0.05, 0.1) is 5.56 Å². The van der Waals surface area contributed by atoms with Crippen LogP contribution in [0.2, 0.25) is 0 Å². The highest BCUT2D eigenvalue weighted by Crippen LogP contribution is 2.31. The quantitative estimate of drug-likeness (QED) is 0.898. The maximum Gasteiger partial charge on any atom is 0.416 e. The summed E-state index contributed by atoms with van der Waals surface area (Å²) >= 11 is 0. The molecule has 0 aromatic heterocycles. The molecule has 1 amide bonds. The van der Waals surface area contributed by atoms with E-state index in [1.165, 1.54) is 33.0 Å². The minimum Gasteiger partial charge on any atom is -0.480 e. The molecule has 1 N–H and O–H groups in total. The van der Waals surface area contributed by atoms with Gasteiger partial charge in [0.1, 0.15) is 5.54 Å². The third kappa shape index (κ3) is 4.46. The van der Waals surface area contributed by atoms with Gasteiger partial charge in [-0.3, -0.25) is 4.79 Å². The summed E-state index contributed by atoms with van der Waals surface area (Å²) < 4.78 is 37.6. The number of carbonyl (C=O) groups excluding carboxylic acids is 1. The minimum absolute atomic E-state index is 0.0125. The molecule has 4 nitrogen and oxygen atoms in total. The Bertz CT molecular complexity index is 579. The molecule has 0 spiro atoms. The van der Waals surface area contributed by atoms with Crippen molar-refractivity contribution in [1.82, 2.24) is 4.90 Å². The van der Waals surface area contributed by atoms with E-state index < -0.39 is 23.2 Å². The van der Waals surface area contributed by atoms with E-state index in [0.717, 1.165) is 17.0 Å². The number of hydrogen-bond acceptors (Lipinski definition) is 2. The first kappa shape index (κ1) is 19.0. The molecule has 0 aliphatic carbocycles. The predicted octanol–water partition coefficient (Wildman–Crippen LogP) is 3.52. The number of rotatable bonds is 5. The number of likely N-dealkylation sites (N-methyl/N-ethyl adjacent to an activating group) is 1. The molecule has 1 aromatic rings. The summed E-state index contributed by atoms with van der Waals surface area (Å²) in [6.45, 7) is 4.54. The maximum absolute atomic E-state index is 12.5. The van der Waals surface area contributed by atoms with Gasteiger partial charge in [-0.2, -0.15) is 13.2 Å².